The molecular formula is C24H25N5O2. The number of hydrogen-bond acceptors (Lipinski definition) is 4. The number of rotatable bonds is 4. The van der Waals surface area contributed by atoms with Crippen molar-refractivity contribution < 1.29 is 9.53 Å². The van der Waals surface area contributed by atoms with E-state index in [1.165, 1.54) is 16.5 Å². The second kappa shape index (κ2) is 7.58. The van der Waals surface area contributed by atoms with E-state index in [1.54, 1.807) is 4.68 Å². The summed E-state index contributed by atoms with van der Waals surface area (Å²) >= 11 is 0. The Hall–Kier alpha value is -3.61. The fourth-order valence-corrected chi connectivity index (χ4v) is 4.35. The lowest BCUT2D eigenvalue weighted by atomic mass is 9.99. The molecule has 4 aromatic rings. The lowest BCUT2D eigenvalue weighted by molar-refractivity contribution is -0.133. The van der Waals surface area contributed by atoms with Crippen LogP contribution in [0.1, 0.15) is 23.2 Å². The third kappa shape index (κ3) is 3.46. The van der Waals surface area contributed by atoms with Crippen molar-refractivity contribution in [2.24, 2.45) is 7.05 Å². The monoisotopic (exact) mass is 415 g/mol. The van der Waals surface area contributed by atoms with Crippen LogP contribution >= 0.6 is 0 Å². The number of pyridine rings is 1. The predicted octanol–water partition coefficient (Wildman–Crippen LogP) is 3.76. The molecule has 1 amide bonds. The number of carbonyl (C=O) groups is 1. The quantitative estimate of drug-likeness (QED) is 0.551. The molecule has 7 nitrogen and oxygen atoms in total. The number of aryl methyl sites for hydroxylation is 3. The van der Waals surface area contributed by atoms with Crippen LogP contribution in [-0.2, 0) is 11.8 Å². The highest BCUT2D eigenvalue weighted by atomic mass is 16.5. The van der Waals surface area contributed by atoms with Crippen LogP contribution < -0.4 is 4.74 Å². The molecule has 0 bridgehead atoms. The number of para-hydroxylation sites is 1. The maximum atomic E-state index is 12.8. The fraction of sp³-hybridized carbons (Fsp3) is 0.292. The Bertz CT molecular complexity index is 1330. The van der Waals surface area contributed by atoms with Gasteiger partial charge in [0.25, 0.3) is 5.91 Å². The highest BCUT2D eigenvalue weighted by Gasteiger charge is 2.21. The van der Waals surface area contributed by atoms with Gasteiger partial charge in [0.2, 0.25) is 5.88 Å². The molecule has 158 valence electrons. The van der Waals surface area contributed by atoms with Gasteiger partial charge in [-0.15, -0.1) is 5.10 Å². The number of nitrogens with zero attached hydrogens (tertiary/aromatic N) is 4. The minimum atomic E-state index is -0.0363. The summed E-state index contributed by atoms with van der Waals surface area (Å²) < 4.78 is 7.54. The summed E-state index contributed by atoms with van der Waals surface area (Å²) in [4.78, 5) is 22.5. The average Bonchev–Trinajstić information content (AvgIpc) is 3.33. The van der Waals surface area contributed by atoms with Gasteiger partial charge >= 0.3 is 0 Å². The number of nitrogens with one attached hydrogen (secondary N) is 1. The van der Waals surface area contributed by atoms with E-state index in [0.717, 1.165) is 34.2 Å². The van der Waals surface area contributed by atoms with Gasteiger partial charge in [0.05, 0.1) is 5.39 Å². The van der Waals surface area contributed by atoms with Crippen LogP contribution in [0.4, 0.5) is 0 Å². The molecule has 5 rings (SSSR count). The molecule has 0 radical (unpaired) electrons. The first-order valence-electron chi connectivity index (χ1n) is 10.5. The normalized spacial score (nSPS) is 14.3. The van der Waals surface area contributed by atoms with E-state index in [0.29, 0.717) is 19.0 Å². The molecule has 1 aromatic carbocycles. The zero-order valence-electron chi connectivity index (χ0n) is 18.0. The van der Waals surface area contributed by atoms with Crippen molar-refractivity contribution in [3.63, 3.8) is 0 Å². The van der Waals surface area contributed by atoms with Gasteiger partial charge in [0.15, 0.2) is 12.3 Å². The summed E-state index contributed by atoms with van der Waals surface area (Å²) in [5.41, 5.74) is 6.37. The van der Waals surface area contributed by atoms with E-state index in [1.807, 2.05) is 37.9 Å². The SMILES string of the molecule is Cc1cc(C)c2c(OCC(=O)N3CC=C(c4c[nH]c5ccccc45)CC3)nn(C)c2n1. The summed E-state index contributed by atoms with van der Waals surface area (Å²) in [5, 5.41) is 6.51. The number of ether oxygens (including phenoxy) is 1. The molecule has 1 aliphatic rings. The summed E-state index contributed by atoms with van der Waals surface area (Å²) in [5.74, 6) is 0.425. The van der Waals surface area contributed by atoms with Crippen molar-refractivity contribution in [2.45, 2.75) is 20.3 Å². The smallest absolute Gasteiger partial charge is 0.260 e. The number of aromatic amines is 1. The van der Waals surface area contributed by atoms with Gasteiger partial charge in [0.1, 0.15) is 0 Å². The minimum absolute atomic E-state index is 0.0321. The molecule has 4 heterocycles. The standard InChI is InChI=1S/C24H25N5O2/c1-15-12-16(2)26-23-22(15)24(27-28(23)3)31-14-21(30)29-10-8-17(9-11-29)19-13-25-20-7-5-4-6-18(19)20/h4-8,12-13,25H,9-11,14H2,1-3H3. The van der Waals surface area contributed by atoms with Gasteiger partial charge in [-0.2, -0.15) is 0 Å². The molecule has 1 N–H and O–H groups in total. The zero-order valence-corrected chi connectivity index (χ0v) is 18.0. The van der Waals surface area contributed by atoms with Crippen LogP contribution in [-0.4, -0.2) is 50.3 Å². The first-order chi connectivity index (χ1) is 15.0. The molecule has 0 spiro atoms. The van der Waals surface area contributed by atoms with Crippen LogP contribution in [0.3, 0.4) is 0 Å². The van der Waals surface area contributed by atoms with Gasteiger partial charge in [-0.3, -0.25) is 4.79 Å². The highest BCUT2D eigenvalue weighted by Crippen LogP contribution is 2.30. The first-order valence-corrected chi connectivity index (χ1v) is 10.5. The molecule has 1 aliphatic heterocycles. The molecule has 0 fully saturated rings. The zero-order chi connectivity index (χ0) is 21.5. The Morgan fingerprint density at radius 2 is 2.10 bits per heavy atom. The van der Waals surface area contributed by atoms with Crippen LogP contribution in [0, 0.1) is 13.8 Å². The molecule has 3 aromatic heterocycles. The minimum Gasteiger partial charge on any atom is -0.466 e. The van der Waals surface area contributed by atoms with Crippen molar-refractivity contribution >= 4 is 33.4 Å². The molecule has 7 heteroatoms. The van der Waals surface area contributed by atoms with E-state index < -0.39 is 0 Å². The Balaban J connectivity index is 1.28. The maximum Gasteiger partial charge on any atom is 0.260 e. The molecule has 0 unspecified atom stereocenters. The third-order valence-corrected chi connectivity index (χ3v) is 5.92. The molecule has 0 saturated heterocycles. The topological polar surface area (TPSA) is 76.0 Å². The molecule has 0 saturated carbocycles. The Labute approximate surface area is 180 Å². The van der Waals surface area contributed by atoms with E-state index >= 15 is 0 Å². The third-order valence-electron chi connectivity index (χ3n) is 5.92. The Morgan fingerprint density at radius 3 is 2.90 bits per heavy atom. The molecule has 0 aliphatic carbocycles. The number of benzene rings is 1. The van der Waals surface area contributed by atoms with E-state index in [2.05, 4.69) is 45.5 Å². The first kappa shape index (κ1) is 19.4. The van der Waals surface area contributed by atoms with Crippen molar-refractivity contribution in [3.8, 4) is 5.88 Å². The molecule has 0 atom stereocenters. The Morgan fingerprint density at radius 1 is 1.26 bits per heavy atom. The van der Waals surface area contributed by atoms with Crippen LogP contribution in [0.25, 0.3) is 27.5 Å². The second-order valence-corrected chi connectivity index (χ2v) is 8.06. The lowest BCUT2D eigenvalue weighted by Crippen LogP contribution is -2.37. The number of carbonyl (C=O) groups excluding carboxylic acids is 1. The fourth-order valence-electron chi connectivity index (χ4n) is 4.35. The van der Waals surface area contributed by atoms with Gasteiger partial charge in [-0.25, -0.2) is 9.67 Å². The average molecular weight is 415 g/mol. The van der Waals surface area contributed by atoms with Crippen molar-refractivity contribution in [1.29, 1.82) is 0 Å². The van der Waals surface area contributed by atoms with Gasteiger partial charge < -0.3 is 14.6 Å². The van der Waals surface area contributed by atoms with E-state index in [-0.39, 0.29) is 12.5 Å². The maximum absolute atomic E-state index is 12.8. The number of H-pyrrole nitrogens is 1. The lowest BCUT2D eigenvalue weighted by Gasteiger charge is -2.26. The van der Waals surface area contributed by atoms with Crippen molar-refractivity contribution in [2.75, 3.05) is 19.7 Å². The second-order valence-electron chi connectivity index (χ2n) is 8.06. The number of aromatic nitrogens is 4. The highest BCUT2D eigenvalue weighted by molar-refractivity contribution is 5.93. The summed E-state index contributed by atoms with van der Waals surface area (Å²) in [7, 11) is 1.84. The largest absolute Gasteiger partial charge is 0.466 e. The predicted molar refractivity (Wildman–Crippen MR) is 121 cm³/mol. The van der Waals surface area contributed by atoms with E-state index in [9.17, 15) is 4.79 Å². The van der Waals surface area contributed by atoms with Gasteiger partial charge in [-0.1, -0.05) is 24.3 Å². The van der Waals surface area contributed by atoms with E-state index in [4.69, 9.17) is 4.74 Å². The molecule has 31 heavy (non-hydrogen) atoms. The number of amides is 1. The summed E-state index contributed by atoms with van der Waals surface area (Å²) in [6.45, 7) is 5.19. The Kier molecular flexibility index (Phi) is 4.73. The van der Waals surface area contributed by atoms with Crippen LogP contribution in [0.2, 0.25) is 0 Å². The summed E-state index contributed by atoms with van der Waals surface area (Å²) in [6, 6.07) is 10.3. The van der Waals surface area contributed by atoms with Gasteiger partial charge in [-0.05, 0) is 43.5 Å². The van der Waals surface area contributed by atoms with Gasteiger partial charge in [0, 0.05) is 48.5 Å². The van der Waals surface area contributed by atoms with Crippen molar-refractivity contribution in [3.05, 3.63) is 59.4 Å². The number of fused-ring (bicyclic) bond motifs is 2. The van der Waals surface area contributed by atoms with Crippen LogP contribution in [0.5, 0.6) is 5.88 Å². The summed E-state index contributed by atoms with van der Waals surface area (Å²) in [6.07, 6.45) is 5.02. The van der Waals surface area contributed by atoms with Crippen molar-refractivity contribution in [1.82, 2.24) is 24.6 Å². The molecular weight excluding hydrogens is 390 g/mol. The number of hydrogen-bond donors (Lipinski definition) is 1. The van der Waals surface area contributed by atoms with Crippen LogP contribution in [0.15, 0.2) is 42.6 Å².